The molecule has 1 aliphatic rings. The van der Waals surface area contributed by atoms with Crippen LogP contribution in [0.25, 0.3) is 0 Å². The predicted octanol–water partition coefficient (Wildman–Crippen LogP) is 3.56. The minimum absolute atomic E-state index is 0.191. The van der Waals surface area contributed by atoms with Crippen molar-refractivity contribution in [2.75, 3.05) is 24.5 Å². The van der Waals surface area contributed by atoms with Crippen LogP contribution in [0.4, 0.5) is 5.69 Å². The van der Waals surface area contributed by atoms with Gasteiger partial charge in [0.25, 0.3) is 0 Å². The summed E-state index contributed by atoms with van der Waals surface area (Å²) < 4.78 is 26.7. The van der Waals surface area contributed by atoms with Crippen LogP contribution in [-0.2, 0) is 19.6 Å². The van der Waals surface area contributed by atoms with Gasteiger partial charge in [0.2, 0.25) is 21.8 Å². The lowest BCUT2D eigenvalue weighted by atomic mass is 10.0. The second-order valence-electron chi connectivity index (χ2n) is 8.49. The van der Waals surface area contributed by atoms with E-state index in [1.54, 1.807) is 43.0 Å². The van der Waals surface area contributed by atoms with Gasteiger partial charge in [0.05, 0.1) is 10.9 Å². The third-order valence-electron chi connectivity index (χ3n) is 6.41. The first-order valence-electron chi connectivity index (χ1n) is 11.4. The Morgan fingerprint density at radius 3 is 2.30 bits per heavy atom. The Hall–Kier alpha value is -2.71. The van der Waals surface area contributed by atoms with E-state index in [0.29, 0.717) is 26.1 Å². The number of benzene rings is 2. The summed E-state index contributed by atoms with van der Waals surface area (Å²) in [7, 11) is -3.53. The highest BCUT2D eigenvalue weighted by Crippen LogP contribution is 2.28. The lowest BCUT2D eigenvalue weighted by Crippen LogP contribution is -2.38. The Labute approximate surface area is 196 Å². The van der Waals surface area contributed by atoms with E-state index in [0.717, 1.165) is 22.4 Å². The van der Waals surface area contributed by atoms with Crippen LogP contribution in [-0.4, -0.2) is 44.2 Å². The maximum atomic E-state index is 12.9. The molecule has 0 saturated carbocycles. The third-order valence-corrected chi connectivity index (χ3v) is 8.47. The highest BCUT2D eigenvalue weighted by molar-refractivity contribution is 7.89. The summed E-state index contributed by atoms with van der Waals surface area (Å²) in [5, 5.41) is 2.92. The van der Waals surface area contributed by atoms with Crippen LogP contribution in [0.1, 0.15) is 49.9 Å². The zero-order valence-electron chi connectivity index (χ0n) is 20.0. The first-order valence-corrected chi connectivity index (χ1v) is 12.8. The number of rotatable bonds is 8. The van der Waals surface area contributed by atoms with Crippen molar-refractivity contribution < 1.29 is 18.0 Å². The molecule has 2 amide bonds. The van der Waals surface area contributed by atoms with Crippen LogP contribution in [0.2, 0.25) is 0 Å². The summed E-state index contributed by atoms with van der Waals surface area (Å²) in [6, 6.07) is 12.1. The van der Waals surface area contributed by atoms with E-state index in [9.17, 15) is 18.0 Å². The fraction of sp³-hybridized carbons (Fsp3) is 0.440. The number of nitrogens with zero attached hydrogens (tertiary/aromatic N) is 2. The average Bonchev–Trinajstić information content (AvgIpc) is 3.17. The number of carbonyl (C=O) groups is 2. The van der Waals surface area contributed by atoms with Crippen molar-refractivity contribution in [3.63, 3.8) is 0 Å². The Kier molecular flexibility index (Phi) is 7.59. The van der Waals surface area contributed by atoms with Crippen LogP contribution in [0, 0.1) is 19.8 Å². The molecule has 0 radical (unpaired) electrons. The molecule has 2 aromatic rings. The lowest BCUT2D eigenvalue weighted by Gasteiger charge is -2.20. The van der Waals surface area contributed by atoms with Crippen molar-refractivity contribution in [1.82, 2.24) is 9.62 Å². The zero-order valence-corrected chi connectivity index (χ0v) is 20.8. The normalized spacial score (nSPS) is 17.5. The van der Waals surface area contributed by atoms with Crippen LogP contribution >= 0.6 is 0 Å². The molecule has 2 atom stereocenters. The van der Waals surface area contributed by atoms with Crippen LogP contribution in [0.15, 0.2) is 47.4 Å². The fourth-order valence-electron chi connectivity index (χ4n) is 4.11. The summed E-state index contributed by atoms with van der Waals surface area (Å²) in [6.45, 7) is 10.8. The second-order valence-corrected chi connectivity index (χ2v) is 10.4. The van der Waals surface area contributed by atoms with E-state index >= 15 is 0 Å². The topological polar surface area (TPSA) is 86.8 Å². The molecule has 33 heavy (non-hydrogen) atoms. The largest absolute Gasteiger partial charge is 0.349 e. The standard InChI is InChI=1S/C25H33N3O4S/c1-6-27(7-2)33(31,32)22-12-9-20(10-13-22)19(5)26-24(29)23-14-15-28(25(23)30)21-11-8-17(3)18(4)16-21/h8-13,16,19,23H,6-7,14-15H2,1-5H3,(H,26,29). The Morgan fingerprint density at radius 2 is 1.73 bits per heavy atom. The van der Waals surface area contributed by atoms with Crippen LogP contribution < -0.4 is 10.2 Å². The summed E-state index contributed by atoms with van der Waals surface area (Å²) >= 11 is 0. The highest BCUT2D eigenvalue weighted by Gasteiger charge is 2.38. The predicted molar refractivity (Wildman–Crippen MR) is 129 cm³/mol. The maximum Gasteiger partial charge on any atom is 0.243 e. The lowest BCUT2D eigenvalue weighted by molar-refractivity contribution is -0.132. The SMILES string of the molecule is CCN(CC)S(=O)(=O)c1ccc(C(C)NC(=O)C2CCN(c3ccc(C)c(C)c3)C2=O)cc1. The minimum atomic E-state index is -3.53. The number of hydrogen-bond acceptors (Lipinski definition) is 4. The van der Waals surface area contributed by atoms with Gasteiger partial charge in [0.1, 0.15) is 5.92 Å². The van der Waals surface area contributed by atoms with Gasteiger partial charge in [0, 0.05) is 25.3 Å². The van der Waals surface area contributed by atoms with E-state index in [4.69, 9.17) is 0 Å². The molecule has 1 N–H and O–H groups in total. The fourth-order valence-corrected chi connectivity index (χ4v) is 5.57. The van der Waals surface area contributed by atoms with Crippen molar-refractivity contribution in [1.29, 1.82) is 0 Å². The van der Waals surface area contributed by atoms with Gasteiger partial charge in [-0.05, 0) is 68.1 Å². The van der Waals surface area contributed by atoms with Crippen molar-refractivity contribution in [2.45, 2.75) is 52.0 Å². The molecule has 2 aromatic carbocycles. The molecule has 1 heterocycles. The molecule has 1 saturated heterocycles. The summed E-state index contributed by atoms with van der Waals surface area (Å²) in [6.07, 6.45) is 0.464. The van der Waals surface area contributed by atoms with E-state index < -0.39 is 15.9 Å². The Balaban J connectivity index is 1.67. The van der Waals surface area contributed by atoms with Crippen molar-refractivity contribution in [3.05, 3.63) is 59.2 Å². The average molecular weight is 472 g/mol. The molecule has 3 rings (SSSR count). The van der Waals surface area contributed by atoms with Gasteiger partial charge in [-0.3, -0.25) is 9.59 Å². The maximum absolute atomic E-state index is 12.9. The molecule has 2 unspecified atom stereocenters. The van der Waals surface area contributed by atoms with Crippen molar-refractivity contribution in [3.8, 4) is 0 Å². The van der Waals surface area contributed by atoms with Crippen molar-refractivity contribution in [2.24, 2.45) is 5.92 Å². The number of anilines is 1. The number of aryl methyl sites for hydroxylation is 2. The Morgan fingerprint density at radius 1 is 1.09 bits per heavy atom. The van der Waals surface area contributed by atoms with Gasteiger partial charge in [-0.1, -0.05) is 32.0 Å². The van der Waals surface area contributed by atoms with Gasteiger partial charge < -0.3 is 10.2 Å². The molecule has 1 fully saturated rings. The molecular weight excluding hydrogens is 438 g/mol. The molecule has 0 bridgehead atoms. The molecule has 0 spiro atoms. The van der Waals surface area contributed by atoms with Gasteiger partial charge in [-0.15, -0.1) is 0 Å². The number of carbonyl (C=O) groups excluding carboxylic acids is 2. The molecular formula is C25H33N3O4S. The summed E-state index contributed by atoms with van der Waals surface area (Å²) in [5.74, 6) is -1.22. The second kappa shape index (κ2) is 10.1. The minimum Gasteiger partial charge on any atom is -0.349 e. The van der Waals surface area contributed by atoms with Gasteiger partial charge >= 0.3 is 0 Å². The molecule has 7 nitrogen and oxygen atoms in total. The monoisotopic (exact) mass is 471 g/mol. The Bertz CT molecular complexity index is 1120. The highest BCUT2D eigenvalue weighted by atomic mass is 32.2. The number of amides is 2. The number of hydrogen-bond donors (Lipinski definition) is 1. The number of sulfonamides is 1. The first-order chi connectivity index (χ1) is 15.6. The van der Waals surface area contributed by atoms with E-state index in [1.165, 1.54) is 4.31 Å². The molecule has 1 aliphatic heterocycles. The van der Waals surface area contributed by atoms with E-state index in [1.807, 2.05) is 39.0 Å². The quantitative estimate of drug-likeness (QED) is 0.597. The third kappa shape index (κ3) is 5.12. The van der Waals surface area contributed by atoms with E-state index in [-0.39, 0.29) is 22.8 Å². The first kappa shape index (κ1) is 24.9. The smallest absolute Gasteiger partial charge is 0.243 e. The van der Waals surface area contributed by atoms with Gasteiger partial charge in [0.15, 0.2) is 0 Å². The zero-order chi connectivity index (χ0) is 24.3. The summed E-state index contributed by atoms with van der Waals surface area (Å²) in [5.41, 5.74) is 3.85. The van der Waals surface area contributed by atoms with Crippen molar-refractivity contribution >= 4 is 27.5 Å². The molecule has 178 valence electrons. The van der Waals surface area contributed by atoms with Gasteiger partial charge in [-0.2, -0.15) is 4.31 Å². The summed E-state index contributed by atoms with van der Waals surface area (Å²) in [4.78, 5) is 27.7. The molecule has 0 aliphatic carbocycles. The van der Waals surface area contributed by atoms with Gasteiger partial charge in [-0.25, -0.2) is 8.42 Å². The van der Waals surface area contributed by atoms with Crippen LogP contribution in [0.3, 0.4) is 0 Å². The number of nitrogens with one attached hydrogen (secondary N) is 1. The molecule has 8 heteroatoms. The van der Waals surface area contributed by atoms with Crippen LogP contribution in [0.5, 0.6) is 0 Å². The molecule has 0 aromatic heterocycles. The van der Waals surface area contributed by atoms with E-state index in [2.05, 4.69) is 5.32 Å².